The number of benzene rings is 2. The first-order valence-electron chi connectivity index (χ1n) is 8.59. The third kappa shape index (κ3) is 2.92. The molecule has 1 amide bonds. The zero-order valence-electron chi connectivity index (χ0n) is 14.8. The van der Waals surface area contributed by atoms with Crippen molar-refractivity contribution in [2.45, 2.75) is 13.8 Å². The Morgan fingerprint density at radius 2 is 1.69 bits per heavy atom. The van der Waals surface area contributed by atoms with Crippen molar-refractivity contribution in [3.63, 3.8) is 0 Å². The molecule has 0 saturated heterocycles. The van der Waals surface area contributed by atoms with Crippen LogP contribution in [-0.2, 0) is 0 Å². The zero-order chi connectivity index (χ0) is 18.1. The van der Waals surface area contributed by atoms with Crippen molar-refractivity contribution in [2.24, 2.45) is 0 Å². The highest BCUT2D eigenvalue weighted by Gasteiger charge is 2.19. The molecule has 1 aliphatic heterocycles. The summed E-state index contributed by atoms with van der Waals surface area (Å²) in [5, 5.41) is 2.94. The third-order valence-corrected chi connectivity index (χ3v) is 4.49. The molecular formula is C21H20N2O3. The van der Waals surface area contributed by atoms with Gasteiger partial charge >= 0.3 is 0 Å². The van der Waals surface area contributed by atoms with Crippen molar-refractivity contribution >= 4 is 11.6 Å². The van der Waals surface area contributed by atoms with Crippen LogP contribution in [0.3, 0.4) is 0 Å². The number of carbonyl (C=O) groups excluding carboxylic acids is 1. The van der Waals surface area contributed by atoms with Gasteiger partial charge in [-0.15, -0.1) is 0 Å². The molecule has 1 N–H and O–H groups in total. The van der Waals surface area contributed by atoms with Gasteiger partial charge in [0, 0.05) is 28.8 Å². The fraction of sp³-hybridized carbons (Fsp3) is 0.190. The van der Waals surface area contributed by atoms with E-state index in [4.69, 9.17) is 9.47 Å². The van der Waals surface area contributed by atoms with E-state index in [1.807, 2.05) is 68.4 Å². The van der Waals surface area contributed by atoms with Gasteiger partial charge in [0.25, 0.3) is 5.91 Å². The van der Waals surface area contributed by atoms with Crippen LogP contribution in [0.1, 0.15) is 21.7 Å². The Morgan fingerprint density at radius 1 is 0.962 bits per heavy atom. The lowest BCUT2D eigenvalue weighted by Crippen LogP contribution is -2.16. The minimum absolute atomic E-state index is 0.118. The highest BCUT2D eigenvalue weighted by molar-refractivity contribution is 6.05. The molecule has 0 atom stereocenters. The molecule has 4 rings (SSSR count). The van der Waals surface area contributed by atoms with E-state index in [2.05, 4.69) is 9.88 Å². The maximum atomic E-state index is 12.7. The normalized spacial score (nSPS) is 12.7. The van der Waals surface area contributed by atoms with E-state index in [0.29, 0.717) is 18.8 Å². The van der Waals surface area contributed by atoms with Gasteiger partial charge in [-0.2, -0.15) is 0 Å². The van der Waals surface area contributed by atoms with Crippen molar-refractivity contribution in [3.8, 4) is 17.2 Å². The summed E-state index contributed by atoms with van der Waals surface area (Å²) in [6, 6.07) is 17.2. The molecule has 5 heteroatoms. The molecule has 3 aromatic rings. The lowest BCUT2D eigenvalue weighted by molar-refractivity contribution is 0.102. The number of nitrogens with one attached hydrogen (secondary N) is 1. The molecular weight excluding hydrogens is 328 g/mol. The van der Waals surface area contributed by atoms with Crippen LogP contribution in [0.15, 0.2) is 54.6 Å². The van der Waals surface area contributed by atoms with Crippen molar-refractivity contribution in [3.05, 3.63) is 71.5 Å². The van der Waals surface area contributed by atoms with E-state index in [-0.39, 0.29) is 5.91 Å². The van der Waals surface area contributed by atoms with Crippen LogP contribution < -0.4 is 14.8 Å². The average Bonchev–Trinajstić information content (AvgIpc) is 2.96. The maximum Gasteiger partial charge on any atom is 0.257 e. The van der Waals surface area contributed by atoms with E-state index < -0.39 is 0 Å². The Balaban J connectivity index is 1.67. The third-order valence-electron chi connectivity index (χ3n) is 4.49. The predicted molar refractivity (Wildman–Crippen MR) is 101 cm³/mol. The first kappa shape index (κ1) is 16.3. The number of aromatic nitrogens is 1. The summed E-state index contributed by atoms with van der Waals surface area (Å²) in [5.41, 5.74) is 4.25. The minimum atomic E-state index is -0.118. The van der Waals surface area contributed by atoms with Crippen LogP contribution in [0.5, 0.6) is 11.5 Å². The molecule has 0 unspecified atom stereocenters. The quantitative estimate of drug-likeness (QED) is 0.775. The largest absolute Gasteiger partial charge is 0.486 e. The van der Waals surface area contributed by atoms with Crippen molar-refractivity contribution in [2.75, 3.05) is 18.5 Å². The molecule has 26 heavy (non-hydrogen) atoms. The van der Waals surface area contributed by atoms with Crippen LogP contribution in [-0.4, -0.2) is 23.7 Å². The predicted octanol–water partition coefficient (Wildman–Crippen LogP) is 4.12. The summed E-state index contributed by atoms with van der Waals surface area (Å²) in [5.74, 6) is 1.37. The summed E-state index contributed by atoms with van der Waals surface area (Å²) in [4.78, 5) is 12.7. The summed E-state index contributed by atoms with van der Waals surface area (Å²) in [7, 11) is 0. The molecule has 5 nitrogen and oxygen atoms in total. The van der Waals surface area contributed by atoms with Gasteiger partial charge in [0.05, 0.1) is 5.56 Å². The van der Waals surface area contributed by atoms with Gasteiger partial charge in [-0.05, 0) is 44.2 Å². The highest BCUT2D eigenvalue weighted by Crippen LogP contribution is 2.33. The van der Waals surface area contributed by atoms with Crippen LogP contribution in [0.25, 0.3) is 5.69 Å². The van der Waals surface area contributed by atoms with Crippen molar-refractivity contribution < 1.29 is 14.3 Å². The molecule has 0 radical (unpaired) electrons. The minimum Gasteiger partial charge on any atom is -0.486 e. The SMILES string of the molecule is Cc1cc(C(=O)Nc2ccccc2)c(C)n1-c1ccc2c(c1)OCCO2. The van der Waals surface area contributed by atoms with Crippen molar-refractivity contribution in [1.29, 1.82) is 0 Å². The Kier molecular flexibility index (Phi) is 4.13. The van der Waals surface area contributed by atoms with Crippen LogP contribution in [0.4, 0.5) is 5.69 Å². The molecule has 0 fully saturated rings. The number of anilines is 1. The molecule has 2 heterocycles. The Hall–Kier alpha value is -3.21. The number of hydrogen-bond donors (Lipinski definition) is 1. The second kappa shape index (κ2) is 6.59. The number of ether oxygens (including phenoxy) is 2. The summed E-state index contributed by atoms with van der Waals surface area (Å²) < 4.78 is 13.3. The summed E-state index contributed by atoms with van der Waals surface area (Å²) in [6.45, 7) is 5.05. The molecule has 132 valence electrons. The molecule has 0 saturated carbocycles. The average molecular weight is 348 g/mol. The number of amides is 1. The van der Waals surface area contributed by atoms with Gasteiger partial charge < -0.3 is 19.4 Å². The first-order chi connectivity index (χ1) is 12.6. The fourth-order valence-corrected chi connectivity index (χ4v) is 3.28. The lowest BCUT2D eigenvalue weighted by Gasteiger charge is -2.20. The van der Waals surface area contributed by atoms with E-state index in [1.165, 1.54) is 0 Å². The van der Waals surface area contributed by atoms with Crippen molar-refractivity contribution in [1.82, 2.24) is 4.57 Å². The van der Waals surface area contributed by atoms with Crippen LogP contribution in [0.2, 0.25) is 0 Å². The topological polar surface area (TPSA) is 52.5 Å². The molecule has 0 spiro atoms. The van der Waals surface area contributed by atoms with E-state index in [1.54, 1.807) is 0 Å². The number of aryl methyl sites for hydroxylation is 1. The summed E-state index contributed by atoms with van der Waals surface area (Å²) >= 11 is 0. The number of hydrogen-bond acceptors (Lipinski definition) is 3. The smallest absolute Gasteiger partial charge is 0.257 e. The van der Waals surface area contributed by atoms with E-state index in [0.717, 1.165) is 34.3 Å². The fourth-order valence-electron chi connectivity index (χ4n) is 3.28. The number of fused-ring (bicyclic) bond motifs is 1. The first-order valence-corrected chi connectivity index (χ1v) is 8.59. The second-order valence-corrected chi connectivity index (χ2v) is 6.27. The molecule has 2 aromatic carbocycles. The monoisotopic (exact) mass is 348 g/mol. The van der Waals surface area contributed by atoms with Gasteiger partial charge in [-0.3, -0.25) is 4.79 Å². The number of nitrogens with zero attached hydrogens (tertiary/aromatic N) is 1. The van der Waals surface area contributed by atoms with Gasteiger partial charge in [-0.1, -0.05) is 18.2 Å². The second-order valence-electron chi connectivity index (χ2n) is 6.27. The molecule has 1 aliphatic rings. The lowest BCUT2D eigenvalue weighted by atomic mass is 10.2. The van der Waals surface area contributed by atoms with Crippen LogP contribution >= 0.6 is 0 Å². The van der Waals surface area contributed by atoms with E-state index >= 15 is 0 Å². The molecule has 0 bridgehead atoms. The zero-order valence-corrected chi connectivity index (χ0v) is 14.8. The Morgan fingerprint density at radius 3 is 2.46 bits per heavy atom. The van der Waals surface area contributed by atoms with Gasteiger partial charge in [0.15, 0.2) is 11.5 Å². The number of rotatable bonds is 3. The molecule has 0 aliphatic carbocycles. The maximum absolute atomic E-state index is 12.7. The standard InChI is InChI=1S/C21H20N2O3/c1-14-12-18(21(24)22-16-6-4-3-5-7-16)15(2)23(14)17-8-9-19-20(13-17)26-11-10-25-19/h3-9,12-13H,10-11H2,1-2H3,(H,22,24). The van der Waals surface area contributed by atoms with Crippen LogP contribution in [0, 0.1) is 13.8 Å². The Labute approximate surface area is 152 Å². The number of para-hydroxylation sites is 1. The van der Waals surface area contributed by atoms with Gasteiger partial charge in [-0.25, -0.2) is 0 Å². The van der Waals surface area contributed by atoms with Gasteiger partial charge in [0.1, 0.15) is 13.2 Å². The van der Waals surface area contributed by atoms with Gasteiger partial charge in [0.2, 0.25) is 0 Å². The molecule has 1 aromatic heterocycles. The summed E-state index contributed by atoms with van der Waals surface area (Å²) in [6.07, 6.45) is 0. The Bertz CT molecular complexity index is 961. The highest BCUT2D eigenvalue weighted by atomic mass is 16.6. The van der Waals surface area contributed by atoms with E-state index in [9.17, 15) is 4.79 Å². The number of carbonyl (C=O) groups is 1.